The van der Waals surface area contributed by atoms with Gasteiger partial charge in [-0.15, -0.1) is 0 Å². The Morgan fingerprint density at radius 1 is 1.05 bits per heavy atom. The van der Waals surface area contributed by atoms with Crippen molar-refractivity contribution in [3.8, 4) is 5.75 Å². The van der Waals surface area contributed by atoms with Gasteiger partial charge >= 0.3 is 0 Å². The highest BCUT2D eigenvalue weighted by Gasteiger charge is 2.13. The van der Waals surface area contributed by atoms with Crippen LogP contribution in [0.25, 0.3) is 0 Å². The van der Waals surface area contributed by atoms with Gasteiger partial charge in [-0.05, 0) is 36.2 Å². The van der Waals surface area contributed by atoms with E-state index in [1.807, 2.05) is 6.07 Å². The second-order valence-electron chi connectivity index (χ2n) is 4.59. The lowest BCUT2D eigenvalue weighted by Gasteiger charge is -2.16. The molecule has 0 aromatic heterocycles. The fraction of sp³-hybridized carbons (Fsp3) is 0.188. The van der Waals surface area contributed by atoms with E-state index in [9.17, 15) is 15.0 Å². The molecule has 2 rings (SSSR count). The van der Waals surface area contributed by atoms with Gasteiger partial charge in [0.15, 0.2) is 0 Å². The Kier molecular flexibility index (Phi) is 4.74. The number of aliphatic hydroxyl groups excluding tert-OH is 1. The Morgan fingerprint density at radius 3 is 2.30 bits per heavy atom. The number of rotatable bonds is 5. The van der Waals surface area contributed by atoms with E-state index in [0.29, 0.717) is 12.0 Å². The normalized spacial score (nSPS) is 11.8. The Balaban J connectivity index is 1.99. The largest absolute Gasteiger partial charge is 0.508 e. The molecule has 0 bridgehead atoms. The van der Waals surface area contributed by atoms with Gasteiger partial charge in [0.25, 0.3) is 5.91 Å². The van der Waals surface area contributed by atoms with Crippen LogP contribution in [-0.2, 0) is 6.42 Å². The van der Waals surface area contributed by atoms with Crippen molar-refractivity contribution in [2.45, 2.75) is 12.5 Å². The van der Waals surface area contributed by atoms with Crippen LogP contribution in [-0.4, -0.2) is 28.8 Å². The summed E-state index contributed by atoms with van der Waals surface area (Å²) < 4.78 is 0. The zero-order valence-electron chi connectivity index (χ0n) is 11.0. The molecule has 4 heteroatoms. The smallest absolute Gasteiger partial charge is 0.251 e. The maximum Gasteiger partial charge on any atom is 0.251 e. The van der Waals surface area contributed by atoms with Crippen LogP contribution >= 0.6 is 0 Å². The molecule has 0 spiro atoms. The quantitative estimate of drug-likeness (QED) is 0.775. The van der Waals surface area contributed by atoms with E-state index in [4.69, 9.17) is 0 Å². The molecule has 0 heterocycles. The van der Waals surface area contributed by atoms with Crippen molar-refractivity contribution in [1.29, 1.82) is 0 Å². The van der Waals surface area contributed by atoms with E-state index in [2.05, 4.69) is 5.32 Å². The van der Waals surface area contributed by atoms with E-state index in [0.717, 1.165) is 5.56 Å². The third-order valence-electron chi connectivity index (χ3n) is 3.01. The predicted octanol–water partition coefficient (Wildman–Crippen LogP) is 1.73. The summed E-state index contributed by atoms with van der Waals surface area (Å²) in [6.45, 7) is -0.139. The van der Waals surface area contributed by atoms with Gasteiger partial charge in [0.05, 0.1) is 12.6 Å². The van der Waals surface area contributed by atoms with Crippen molar-refractivity contribution in [3.63, 3.8) is 0 Å². The molecule has 0 aliphatic rings. The number of phenols is 1. The van der Waals surface area contributed by atoms with Crippen molar-refractivity contribution in [2.75, 3.05) is 6.61 Å². The Bertz CT molecular complexity index is 552. The van der Waals surface area contributed by atoms with Crippen molar-refractivity contribution in [3.05, 3.63) is 65.7 Å². The second kappa shape index (κ2) is 6.73. The SMILES string of the molecule is O=C(N[C@@H](CO)Cc1ccc(O)cc1)c1ccccc1. The molecule has 0 radical (unpaired) electrons. The monoisotopic (exact) mass is 271 g/mol. The van der Waals surface area contributed by atoms with Crippen molar-refractivity contribution >= 4 is 5.91 Å². The Labute approximate surface area is 117 Å². The van der Waals surface area contributed by atoms with Gasteiger partial charge in [-0.3, -0.25) is 4.79 Å². The molecule has 1 atom stereocenters. The molecule has 0 fully saturated rings. The Hall–Kier alpha value is -2.33. The first kappa shape index (κ1) is 14.1. The summed E-state index contributed by atoms with van der Waals surface area (Å²) in [6.07, 6.45) is 0.509. The average Bonchev–Trinajstić information content (AvgIpc) is 2.49. The third kappa shape index (κ3) is 3.83. The number of hydrogen-bond acceptors (Lipinski definition) is 3. The zero-order chi connectivity index (χ0) is 14.4. The van der Waals surface area contributed by atoms with Crippen LogP contribution in [0.4, 0.5) is 0 Å². The van der Waals surface area contributed by atoms with Gasteiger partial charge in [0, 0.05) is 5.56 Å². The predicted molar refractivity (Wildman–Crippen MR) is 76.6 cm³/mol. The van der Waals surface area contributed by atoms with E-state index >= 15 is 0 Å². The maximum atomic E-state index is 12.0. The molecule has 0 aliphatic carbocycles. The van der Waals surface area contributed by atoms with Crippen molar-refractivity contribution < 1.29 is 15.0 Å². The van der Waals surface area contributed by atoms with Crippen LogP contribution < -0.4 is 5.32 Å². The van der Waals surface area contributed by atoms with E-state index in [1.54, 1.807) is 48.5 Å². The molecule has 2 aromatic carbocycles. The average molecular weight is 271 g/mol. The summed E-state index contributed by atoms with van der Waals surface area (Å²) in [7, 11) is 0. The first-order valence-corrected chi connectivity index (χ1v) is 6.43. The molecular weight excluding hydrogens is 254 g/mol. The zero-order valence-corrected chi connectivity index (χ0v) is 11.0. The number of hydrogen-bond donors (Lipinski definition) is 3. The third-order valence-corrected chi connectivity index (χ3v) is 3.01. The highest BCUT2D eigenvalue weighted by atomic mass is 16.3. The fourth-order valence-corrected chi connectivity index (χ4v) is 1.94. The van der Waals surface area contributed by atoms with Crippen LogP contribution in [0.5, 0.6) is 5.75 Å². The van der Waals surface area contributed by atoms with Gasteiger partial charge in [-0.2, -0.15) is 0 Å². The van der Waals surface area contributed by atoms with Crippen molar-refractivity contribution in [1.82, 2.24) is 5.32 Å². The number of carbonyl (C=O) groups is 1. The summed E-state index contributed by atoms with van der Waals surface area (Å²) in [5, 5.41) is 21.4. The number of benzene rings is 2. The summed E-state index contributed by atoms with van der Waals surface area (Å²) in [6, 6.07) is 15.2. The van der Waals surface area contributed by atoms with Crippen LogP contribution in [0, 0.1) is 0 Å². The lowest BCUT2D eigenvalue weighted by molar-refractivity contribution is 0.0916. The van der Waals surface area contributed by atoms with Crippen LogP contribution in [0.3, 0.4) is 0 Å². The number of carbonyl (C=O) groups excluding carboxylic acids is 1. The van der Waals surface area contributed by atoms with Gasteiger partial charge < -0.3 is 15.5 Å². The van der Waals surface area contributed by atoms with E-state index in [1.165, 1.54) is 0 Å². The second-order valence-corrected chi connectivity index (χ2v) is 4.59. The first-order chi connectivity index (χ1) is 9.69. The number of nitrogens with one attached hydrogen (secondary N) is 1. The first-order valence-electron chi connectivity index (χ1n) is 6.43. The van der Waals surface area contributed by atoms with Crippen LogP contribution in [0.15, 0.2) is 54.6 Å². The molecule has 0 saturated heterocycles. The van der Waals surface area contributed by atoms with Gasteiger partial charge in [-0.1, -0.05) is 30.3 Å². The standard InChI is InChI=1S/C16H17NO3/c18-11-14(10-12-6-8-15(19)9-7-12)17-16(20)13-4-2-1-3-5-13/h1-9,14,18-19H,10-11H2,(H,17,20)/t14-/m1/s1. The highest BCUT2D eigenvalue weighted by molar-refractivity contribution is 5.94. The number of aliphatic hydroxyl groups is 1. The molecule has 0 unspecified atom stereocenters. The summed E-state index contributed by atoms with van der Waals surface area (Å²) in [5.74, 6) is -0.00829. The molecule has 20 heavy (non-hydrogen) atoms. The van der Waals surface area contributed by atoms with E-state index < -0.39 is 0 Å². The lowest BCUT2D eigenvalue weighted by Crippen LogP contribution is -2.39. The number of phenolic OH excluding ortho intramolecular Hbond substituents is 1. The minimum absolute atomic E-state index is 0.139. The summed E-state index contributed by atoms with van der Waals surface area (Å²) in [5.41, 5.74) is 1.51. The van der Waals surface area contributed by atoms with Gasteiger partial charge in [-0.25, -0.2) is 0 Å². The van der Waals surface area contributed by atoms with E-state index in [-0.39, 0.29) is 24.3 Å². The molecule has 0 saturated carbocycles. The highest BCUT2D eigenvalue weighted by Crippen LogP contribution is 2.11. The van der Waals surface area contributed by atoms with Crippen LogP contribution in [0.1, 0.15) is 15.9 Å². The molecule has 2 aromatic rings. The fourth-order valence-electron chi connectivity index (χ4n) is 1.94. The van der Waals surface area contributed by atoms with Crippen LogP contribution in [0.2, 0.25) is 0 Å². The molecule has 104 valence electrons. The molecule has 1 amide bonds. The molecule has 3 N–H and O–H groups in total. The minimum Gasteiger partial charge on any atom is -0.508 e. The van der Waals surface area contributed by atoms with Crippen molar-refractivity contribution in [2.24, 2.45) is 0 Å². The van der Waals surface area contributed by atoms with Gasteiger partial charge in [0.1, 0.15) is 5.75 Å². The summed E-state index contributed by atoms with van der Waals surface area (Å²) in [4.78, 5) is 12.0. The summed E-state index contributed by atoms with van der Waals surface area (Å²) >= 11 is 0. The molecule has 0 aliphatic heterocycles. The minimum atomic E-state index is -0.354. The molecule has 4 nitrogen and oxygen atoms in total. The molecular formula is C16H17NO3. The number of aromatic hydroxyl groups is 1. The Morgan fingerprint density at radius 2 is 1.70 bits per heavy atom. The lowest BCUT2D eigenvalue weighted by atomic mass is 10.1. The maximum absolute atomic E-state index is 12.0. The number of amides is 1. The van der Waals surface area contributed by atoms with Gasteiger partial charge in [0.2, 0.25) is 0 Å². The topological polar surface area (TPSA) is 69.6 Å².